The summed E-state index contributed by atoms with van der Waals surface area (Å²) in [5, 5.41) is 6.06. The Hall–Kier alpha value is -3.09. The maximum absolute atomic E-state index is 12.9. The topological polar surface area (TPSA) is 49.8 Å². The van der Waals surface area contributed by atoms with E-state index in [4.69, 9.17) is 0 Å². The van der Waals surface area contributed by atoms with Crippen LogP contribution in [0.25, 0.3) is 0 Å². The van der Waals surface area contributed by atoms with Crippen LogP contribution in [0.4, 0.5) is 30.6 Å². The molecule has 1 aromatic heterocycles. The third-order valence-corrected chi connectivity index (χ3v) is 3.86. The van der Waals surface area contributed by atoms with E-state index in [1.54, 1.807) is 19.1 Å². The van der Waals surface area contributed by atoms with Crippen molar-refractivity contribution in [1.29, 1.82) is 0 Å². The van der Waals surface area contributed by atoms with E-state index in [1.165, 1.54) is 11.6 Å². The van der Waals surface area contributed by atoms with Gasteiger partial charge < -0.3 is 10.6 Å². The summed E-state index contributed by atoms with van der Waals surface area (Å²) in [6, 6.07) is 14.8. The number of aryl methyl sites for hydroxylation is 2. The van der Waals surface area contributed by atoms with Gasteiger partial charge >= 0.3 is 6.18 Å². The van der Waals surface area contributed by atoms with Crippen LogP contribution >= 0.6 is 0 Å². The van der Waals surface area contributed by atoms with E-state index in [0.717, 1.165) is 17.7 Å². The van der Waals surface area contributed by atoms with Gasteiger partial charge in [-0.05, 0) is 37.6 Å². The number of benzene rings is 2. The molecule has 3 aromatic rings. The molecule has 0 aliphatic heterocycles. The highest BCUT2D eigenvalue weighted by Gasteiger charge is 2.30. The van der Waals surface area contributed by atoms with Crippen molar-refractivity contribution in [3.63, 3.8) is 0 Å². The Bertz CT molecular complexity index is 939. The molecule has 7 heteroatoms. The molecule has 0 fully saturated rings. The van der Waals surface area contributed by atoms with Gasteiger partial charge in [-0.25, -0.2) is 4.98 Å². The quantitative estimate of drug-likeness (QED) is 0.624. The Morgan fingerprint density at radius 1 is 0.926 bits per heavy atom. The molecule has 0 saturated heterocycles. The third kappa shape index (κ3) is 5.20. The van der Waals surface area contributed by atoms with Gasteiger partial charge in [-0.1, -0.05) is 35.9 Å². The summed E-state index contributed by atoms with van der Waals surface area (Å²) < 4.78 is 38.6. The number of aromatic nitrogens is 2. The number of hydrogen-bond donors (Lipinski definition) is 2. The van der Waals surface area contributed by atoms with Crippen molar-refractivity contribution in [2.75, 3.05) is 10.6 Å². The Kier molecular flexibility index (Phi) is 5.30. The van der Waals surface area contributed by atoms with Crippen LogP contribution < -0.4 is 10.6 Å². The fraction of sp³-hybridized carbons (Fsp3) is 0.200. The van der Waals surface area contributed by atoms with Crippen molar-refractivity contribution in [2.24, 2.45) is 0 Å². The molecule has 0 saturated carbocycles. The lowest BCUT2D eigenvalue weighted by Crippen LogP contribution is -2.07. The monoisotopic (exact) mass is 372 g/mol. The highest BCUT2D eigenvalue weighted by molar-refractivity contribution is 5.56. The van der Waals surface area contributed by atoms with E-state index < -0.39 is 11.7 Å². The van der Waals surface area contributed by atoms with Gasteiger partial charge in [0.05, 0.1) is 5.56 Å². The predicted molar refractivity (Wildman–Crippen MR) is 100 cm³/mol. The zero-order chi connectivity index (χ0) is 19.4. The minimum absolute atomic E-state index is 0.237. The van der Waals surface area contributed by atoms with Crippen LogP contribution in [-0.4, -0.2) is 9.97 Å². The van der Waals surface area contributed by atoms with Gasteiger partial charge in [-0.2, -0.15) is 18.2 Å². The Morgan fingerprint density at radius 2 is 1.70 bits per heavy atom. The standard InChI is InChI=1S/C20H19F3N4/c1-13-5-3-6-15(9-13)12-24-18-10-14(2)25-19(27-18)26-17-8-4-7-16(11-17)20(21,22)23/h3-11H,12H2,1-2H3,(H2,24,25,26,27). The highest BCUT2D eigenvalue weighted by atomic mass is 19.4. The zero-order valence-corrected chi connectivity index (χ0v) is 14.9. The fourth-order valence-corrected chi connectivity index (χ4v) is 2.63. The normalized spacial score (nSPS) is 11.3. The number of anilines is 3. The van der Waals surface area contributed by atoms with Crippen molar-refractivity contribution >= 4 is 17.5 Å². The summed E-state index contributed by atoms with van der Waals surface area (Å²) in [7, 11) is 0. The van der Waals surface area contributed by atoms with Gasteiger partial charge in [0.25, 0.3) is 0 Å². The molecule has 0 spiro atoms. The van der Waals surface area contributed by atoms with E-state index in [2.05, 4.69) is 26.7 Å². The first-order valence-corrected chi connectivity index (χ1v) is 8.39. The Balaban J connectivity index is 1.75. The molecular formula is C20H19F3N4. The SMILES string of the molecule is Cc1cccc(CNc2cc(C)nc(Nc3cccc(C(F)(F)F)c3)n2)c1. The van der Waals surface area contributed by atoms with E-state index in [9.17, 15) is 13.2 Å². The molecule has 0 aliphatic carbocycles. The van der Waals surface area contributed by atoms with Crippen LogP contribution in [0.2, 0.25) is 0 Å². The predicted octanol–water partition coefficient (Wildman–Crippen LogP) is 5.47. The number of halogens is 3. The van der Waals surface area contributed by atoms with Crippen LogP contribution in [0, 0.1) is 13.8 Å². The summed E-state index contributed by atoms with van der Waals surface area (Å²) in [6.07, 6.45) is -4.40. The third-order valence-electron chi connectivity index (χ3n) is 3.86. The Morgan fingerprint density at radius 3 is 2.44 bits per heavy atom. The second kappa shape index (κ2) is 7.65. The van der Waals surface area contributed by atoms with Crippen molar-refractivity contribution < 1.29 is 13.2 Å². The largest absolute Gasteiger partial charge is 0.416 e. The maximum Gasteiger partial charge on any atom is 0.416 e. The lowest BCUT2D eigenvalue weighted by Gasteiger charge is -2.12. The average molecular weight is 372 g/mol. The second-order valence-electron chi connectivity index (χ2n) is 6.26. The lowest BCUT2D eigenvalue weighted by molar-refractivity contribution is -0.137. The lowest BCUT2D eigenvalue weighted by atomic mass is 10.1. The molecule has 27 heavy (non-hydrogen) atoms. The molecule has 3 rings (SSSR count). The minimum atomic E-state index is -4.40. The summed E-state index contributed by atoms with van der Waals surface area (Å²) in [4.78, 5) is 8.59. The molecule has 0 atom stereocenters. The number of nitrogens with one attached hydrogen (secondary N) is 2. The molecule has 0 bridgehead atoms. The average Bonchev–Trinajstić information content (AvgIpc) is 2.59. The van der Waals surface area contributed by atoms with Crippen molar-refractivity contribution in [3.8, 4) is 0 Å². The van der Waals surface area contributed by atoms with Gasteiger partial charge in [0, 0.05) is 24.0 Å². The molecular weight excluding hydrogens is 353 g/mol. The van der Waals surface area contributed by atoms with E-state index in [0.29, 0.717) is 18.1 Å². The smallest absolute Gasteiger partial charge is 0.366 e. The second-order valence-corrected chi connectivity index (χ2v) is 6.26. The number of nitrogens with zero attached hydrogens (tertiary/aromatic N) is 2. The van der Waals surface area contributed by atoms with E-state index in [1.807, 2.05) is 25.1 Å². The van der Waals surface area contributed by atoms with Gasteiger partial charge in [0.15, 0.2) is 0 Å². The molecule has 0 unspecified atom stereocenters. The molecule has 0 radical (unpaired) electrons. The highest BCUT2D eigenvalue weighted by Crippen LogP contribution is 2.31. The molecule has 0 amide bonds. The minimum Gasteiger partial charge on any atom is -0.366 e. The number of rotatable bonds is 5. The molecule has 4 nitrogen and oxygen atoms in total. The molecule has 0 aliphatic rings. The first kappa shape index (κ1) is 18.7. The molecule has 1 heterocycles. The number of hydrogen-bond acceptors (Lipinski definition) is 4. The van der Waals surface area contributed by atoms with Crippen molar-refractivity contribution in [2.45, 2.75) is 26.6 Å². The van der Waals surface area contributed by atoms with Gasteiger partial charge in [0.1, 0.15) is 5.82 Å². The van der Waals surface area contributed by atoms with Crippen molar-refractivity contribution in [3.05, 3.63) is 77.0 Å². The molecule has 140 valence electrons. The molecule has 2 aromatic carbocycles. The van der Waals surface area contributed by atoms with E-state index >= 15 is 0 Å². The summed E-state index contributed by atoms with van der Waals surface area (Å²) in [6.45, 7) is 4.41. The first-order valence-electron chi connectivity index (χ1n) is 8.39. The van der Waals surface area contributed by atoms with Gasteiger partial charge in [-0.15, -0.1) is 0 Å². The molecule has 2 N–H and O–H groups in total. The van der Waals surface area contributed by atoms with Crippen LogP contribution in [0.5, 0.6) is 0 Å². The Labute approximate surface area is 155 Å². The van der Waals surface area contributed by atoms with Gasteiger partial charge in [-0.3, -0.25) is 0 Å². The van der Waals surface area contributed by atoms with Crippen LogP contribution in [0.1, 0.15) is 22.4 Å². The first-order chi connectivity index (χ1) is 12.8. The summed E-state index contributed by atoms with van der Waals surface area (Å²) >= 11 is 0. The summed E-state index contributed by atoms with van der Waals surface area (Å²) in [5.41, 5.74) is 2.53. The zero-order valence-electron chi connectivity index (χ0n) is 14.9. The van der Waals surface area contributed by atoms with Crippen LogP contribution in [0.15, 0.2) is 54.6 Å². The van der Waals surface area contributed by atoms with Crippen LogP contribution in [-0.2, 0) is 12.7 Å². The summed E-state index contributed by atoms with van der Waals surface area (Å²) in [5.74, 6) is 0.833. The van der Waals surface area contributed by atoms with E-state index in [-0.39, 0.29) is 11.6 Å². The van der Waals surface area contributed by atoms with Gasteiger partial charge in [0.2, 0.25) is 5.95 Å². The van der Waals surface area contributed by atoms with Crippen LogP contribution in [0.3, 0.4) is 0 Å². The maximum atomic E-state index is 12.9. The number of alkyl halides is 3. The fourth-order valence-electron chi connectivity index (χ4n) is 2.63. The van der Waals surface area contributed by atoms with Crippen molar-refractivity contribution in [1.82, 2.24) is 9.97 Å².